The zero-order valence-electron chi connectivity index (χ0n) is 17.7. The Morgan fingerprint density at radius 3 is 2.61 bits per heavy atom. The van der Waals surface area contributed by atoms with Gasteiger partial charge in [0.1, 0.15) is 17.2 Å². The molecule has 0 saturated heterocycles. The maximum absolute atomic E-state index is 4.89. The van der Waals surface area contributed by atoms with Crippen LogP contribution in [0.5, 0.6) is 0 Å². The van der Waals surface area contributed by atoms with E-state index < -0.39 is 0 Å². The lowest BCUT2D eigenvalue weighted by molar-refractivity contribution is 0.461. The van der Waals surface area contributed by atoms with Gasteiger partial charge in [0, 0.05) is 35.3 Å². The van der Waals surface area contributed by atoms with Gasteiger partial charge in [-0.25, -0.2) is 9.97 Å². The van der Waals surface area contributed by atoms with Crippen molar-refractivity contribution in [2.75, 3.05) is 5.32 Å². The van der Waals surface area contributed by atoms with Gasteiger partial charge in [0.15, 0.2) is 5.65 Å². The van der Waals surface area contributed by atoms with Crippen LogP contribution in [0.25, 0.3) is 16.9 Å². The number of hydrogen-bond acceptors (Lipinski definition) is 4. The fourth-order valence-electron chi connectivity index (χ4n) is 4.21. The van der Waals surface area contributed by atoms with Crippen LogP contribution in [0.15, 0.2) is 61.1 Å². The molecule has 1 saturated carbocycles. The summed E-state index contributed by atoms with van der Waals surface area (Å²) in [5, 5.41) is 3.78. The van der Waals surface area contributed by atoms with Crippen molar-refractivity contribution in [3.63, 3.8) is 0 Å². The molecule has 1 N–H and O–H groups in total. The first-order valence-corrected chi connectivity index (χ1v) is 10.9. The van der Waals surface area contributed by atoms with E-state index in [2.05, 4.69) is 32.6 Å². The van der Waals surface area contributed by atoms with Crippen LogP contribution in [0.1, 0.15) is 49.1 Å². The third-order valence-corrected chi connectivity index (χ3v) is 5.83. The van der Waals surface area contributed by atoms with Crippen molar-refractivity contribution >= 4 is 11.5 Å². The number of aromatic nitrogens is 4. The minimum Gasteiger partial charge on any atom is -0.367 e. The van der Waals surface area contributed by atoms with Crippen LogP contribution in [0.4, 0.5) is 5.82 Å². The molecular weight excluding hydrogens is 382 g/mol. The van der Waals surface area contributed by atoms with Crippen LogP contribution >= 0.6 is 0 Å². The van der Waals surface area contributed by atoms with E-state index in [9.17, 15) is 0 Å². The van der Waals surface area contributed by atoms with E-state index in [1.807, 2.05) is 49.5 Å². The summed E-state index contributed by atoms with van der Waals surface area (Å²) in [5.74, 6) is 7.38. The number of imidazole rings is 1. The fourth-order valence-corrected chi connectivity index (χ4v) is 4.21. The lowest BCUT2D eigenvalue weighted by Gasteiger charge is -2.24. The Morgan fingerprint density at radius 2 is 1.81 bits per heavy atom. The van der Waals surface area contributed by atoms with Crippen LogP contribution < -0.4 is 5.32 Å². The Kier molecular flexibility index (Phi) is 5.37. The van der Waals surface area contributed by atoms with Gasteiger partial charge in [0.25, 0.3) is 0 Å². The third kappa shape index (κ3) is 4.15. The number of nitrogens with one attached hydrogen (secondary N) is 1. The maximum atomic E-state index is 4.89. The molecule has 0 bridgehead atoms. The molecule has 0 amide bonds. The van der Waals surface area contributed by atoms with Crippen molar-refractivity contribution in [3.05, 3.63) is 78.0 Å². The molecule has 5 nitrogen and oxygen atoms in total. The Hall–Kier alpha value is -3.65. The number of hydrogen-bond donors (Lipinski definition) is 1. The fraction of sp³-hybridized carbons (Fsp3) is 0.269. The SMILES string of the molecule is Cc1nc(C#Cc2ccccc2)ccc1-c1nc2cnccn2c1NC1CCCCC1. The minimum atomic E-state index is 0.477. The highest BCUT2D eigenvalue weighted by Gasteiger charge is 2.21. The van der Waals surface area contributed by atoms with E-state index in [0.717, 1.165) is 39.7 Å². The van der Waals surface area contributed by atoms with E-state index in [1.54, 1.807) is 12.4 Å². The number of nitrogens with zero attached hydrogens (tertiary/aromatic N) is 4. The number of rotatable bonds is 3. The largest absolute Gasteiger partial charge is 0.367 e. The van der Waals surface area contributed by atoms with Gasteiger partial charge in [0.2, 0.25) is 0 Å². The summed E-state index contributed by atoms with van der Waals surface area (Å²) in [5.41, 5.74) is 5.44. The third-order valence-electron chi connectivity index (χ3n) is 5.83. The highest BCUT2D eigenvalue weighted by Crippen LogP contribution is 2.32. The molecule has 5 rings (SSSR count). The van der Waals surface area contributed by atoms with Crippen LogP contribution in [0, 0.1) is 18.8 Å². The van der Waals surface area contributed by atoms with Crippen molar-refractivity contribution in [2.24, 2.45) is 0 Å². The summed E-state index contributed by atoms with van der Waals surface area (Å²) >= 11 is 0. The van der Waals surface area contributed by atoms with E-state index >= 15 is 0 Å². The van der Waals surface area contributed by atoms with Gasteiger partial charge in [0.05, 0.1) is 6.20 Å². The minimum absolute atomic E-state index is 0.477. The molecule has 31 heavy (non-hydrogen) atoms. The van der Waals surface area contributed by atoms with Gasteiger partial charge < -0.3 is 5.32 Å². The molecule has 0 spiro atoms. The molecule has 154 valence electrons. The average Bonchev–Trinajstić information content (AvgIpc) is 3.17. The van der Waals surface area contributed by atoms with Gasteiger partial charge in [-0.2, -0.15) is 0 Å². The lowest BCUT2D eigenvalue weighted by Crippen LogP contribution is -2.23. The van der Waals surface area contributed by atoms with E-state index in [-0.39, 0.29) is 0 Å². The summed E-state index contributed by atoms with van der Waals surface area (Å²) in [6.07, 6.45) is 11.9. The predicted octanol–water partition coefficient (Wildman–Crippen LogP) is 5.24. The molecule has 1 aromatic carbocycles. The quantitative estimate of drug-likeness (QED) is 0.472. The second-order valence-corrected chi connectivity index (χ2v) is 8.04. The predicted molar refractivity (Wildman–Crippen MR) is 124 cm³/mol. The lowest BCUT2D eigenvalue weighted by atomic mass is 9.95. The number of fused-ring (bicyclic) bond motifs is 1. The highest BCUT2D eigenvalue weighted by atomic mass is 15.2. The molecule has 0 aliphatic heterocycles. The molecule has 1 fully saturated rings. The van der Waals surface area contributed by atoms with Crippen LogP contribution in [-0.2, 0) is 0 Å². The van der Waals surface area contributed by atoms with E-state index in [1.165, 1.54) is 32.1 Å². The zero-order valence-corrected chi connectivity index (χ0v) is 17.7. The number of aryl methyl sites for hydroxylation is 1. The molecule has 0 atom stereocenters. The van der Waals surface area contributed by atoms with Gasteiger partial charge in [-0.15, -0.1) is 0 Å². The maximum Gasteiger partial charge on any atom is 0.157 e. The van der Waals surface area contributed by atoms with Gasteiger partial charge >= 0.3 is 0 Å². The Balaban J connectivity index is 1.51. The molecule has 1 aliphatic carbocycles. The van der Waals surface area contributed by atoms with E-state index in [0.29, 0.717) is 6.04 Å². The zero-order chi connectivity index (χ0) is 21.0. The molecule has 0 radical (unpaired) electrons. The summed E-state index contributed by atoms with van der Waals surface area (Å²) in [4.78, 5) is 13.9. The van der Waals surface area contributed by atoms with Crippen molar-refractivity contribution in [3.8, 4) is 23.1 Å². The second-order valence-electron chi connectivity index (χ2n) is 8.04. The number of anilines is 1. The highest BCUT2D eigenvalue weighted by molar-refractivity contribution is 5.78. The smallest absolute Gasteiger partial charge is 0.157 e. The monoisotopic (exact) mass is 407 g/mol. The first kappa shape index (κ1) is 19.3. The Morgan fingerprint density at radius 1 is 0.968 bits per heavy atom. The normalized spacial score (nSPS) is 14.2. The van der Waals surface area contributed by atoms with Crippen molar-refractivity contribution in [1.29, 1.82) is 0 Å². The van der Waals surface area contributed by atoms with Crippen LogP contribution in [0.3, 0.4) is 0 Å². The summed E-state index contributed by atoms with van der Waals surface area (Å²) in [6.45, 7) is 2.02. The van der Waals surface area contributed by atoms with Gasteiger partial charge in [-0.3, -0.25) is 9.38 Å². The molecule has 3 aromatic heterocycles. The Labute approximate surface area is 182 Å². The Bertz CT molecular complexity index is 1260. The number of benzene rings is 1. The first-order valence-electron chi connectivity index (χ1n) is 10.9. The molecule has 0 unspecified atom stereocenters. The molecule has 1 aliphatic rings. The summed E-state index contributed by atoms with van der Waals surface area (Å²) in [6, 6.07) is 14.5. The summed E-state index contributed by atoms with van der Waals surface area (Å²) < 4.78 is 2.10. The molecular formula is C26H25N5. The average molecular weight is 408 g/mol. The molecule has 3 heterocycles. The second kappa shape index (κ2) is 8.61. The molecule has 4 aromatic rings. The molecule has 5 heteroatoms. The van der Waals surface area contributed by atoms with Gasteiger partial charge in [-0.1, -0.05) is 43.4 Å². The van der Waals surface area contributed by atoms with Crippen molar-refractivity contribution < 1.29 is 0 Å². The topological polar surface area (TPSA) is 55.1 Å². The number of pyridine rings is 1. The van der Waals surface area contributed by atoms with E-state index in [4.69, 9.17) is 9.97 Å². The van der Waals surface area contributed by atoms with Crippen LogP contribution in [-0.4, -0.2) is 25.4 Å². The first-order chi connectivity index (χ1) is 15.3. The van der Waals surface area contributed by atoms with Crippen molar-refractivity contribution in [1.82, 2.24) is 19.4 Å². The standard InChI is InChI=1S/C26H25N5/c1-19-23(15-14-22(28-19)13-12-20-8-4-2-5-9-20)25-26(29-21-10-6-3-7-11-21)31-17-16-27-18-24(31)30-25/h2,4-5,8-9,14-18,21,29H,3,6-7,10-11H2,1H3. The van der Waals surface area contributed by atoms with Crippen molar-refractivity contribution in [2.45, 2.75) is 45.1 Å². The van der Waals surface area contributed by atoms with Gasteiger partial charge in [-0.05, 0) is 50.0 Å². The summed E-state index contributed by atoms with van der Waals surface area (Å²) in [7, 11) is 0. The van der Waals surface area contributed by atoms with Crippen LogP contribution in [0.2, 0.25) is 0 Å².